The van der Waals surface area contributed by atoms with Crippen molar-refractivity contribution in [2.45, 2.75) is 25.8 Å². The normalized spacial score (nSPS) is 18.1. The monoisotopic (exact) mass is 193 g/mol. The van der Waals surface area contributed by atoms with Crippen molar-refractivity contribution in [2.75, 3.05) is 0 Å². The fraction of sp³-hybridized carbons (Fsp3) is 0.500. The maximum atomic E-state index is 8.59. The van der Waals surface area contributed by atoms with Gasteiger partial charge in [-0.05, 0) is 30.9 Å². The first kappa shape index (κ1) is 9.12. The summed E-state index contributed by atoms with van der Waals surface area (Å²) >= 11 is 0. The molecule has 1 saturated carbocycles. The van der Waals surface area contributed by atoms with Crippen molar-refractivity contribution < 1.29 is 5.21 Å². The predicted octanol–water partition coefficient (Wildman–Crippen LogP) is 1.38. The molecule has 3 N–H and O–H groups in total. The van der Waals surface area contributed by atoms with E-state index in [1.165, 1.54) is 19.3 Å². The van der Waals surface area contributed by atoms with Gasteiger partial charge in [0.25, 0.3) is 0 Å². The fourth-order valence-corrected chi connectivity index (χ4v) is 1.81. The third kappa shape index (κ3) is 1.60. The molecule has 0 unspecified atom stereocenters. The zero-order chi connectivity index (χ0) is 9.97. The molecular formula is C10H15N3O. The Kier molecular flexibility index (Phi) is 2.43. The Morgan fingerprint density at radius 3 is 3.00 bits per heavy atom. The number of hydrogen-bond donors (Lipinski definition) is 2. The maximum Gasteiger partial charge on any atom is 0.186 e. The van der Waals surface area contributed by atoms with Gasteiger partial charge in [-0.1, -0.05) is 11.6 Å². The van der Waals surface area contributed by atoms with Gasteiger partial charge in [-0.3, -0.25) is 0 Å². The Balaban J connectivity index is 2.12. The highest BCUT2D eigenvalue weighted by molar-refractivity contribution is 5.95. The molecule has 1 aromatic heterocycles. The molecule has 0 saturated heterocycles. The number of aromatic nitrogens is 1. The van der Waals surface area contributed by atoms with Crippen molar-refractivity contribution >= 4 is 5.84 Å². The maximum absolute atomic E-state index is 8.59. The first-order valence-corrected chi connectivity index (χ1v) is 4.94. The largest absolute Gasteiger partial charge is 0.409 e. The Hall–Kier alpha value is -1.45. The molecule has 4 heteroatoms. The highest BCUT2D eigenvalue weighted by Crippen LogP contribution is 2.28. The van der Waals surface area contributed by atoms with Crippen molar-refractivity contribution in [1.82, 2.24) is 4.57 Å². The summed E-state index contributed by atoms with van der Waals surface area (Å²) in [5, 5.41) is 11.6. The van der Waals surface area contributed by atoms with Gasteiger partial charge < -0.3 is 15.5 Å². The first-order chi connectivity index (χ1) is 6.81. The zero-order valence-corrected chi connectivity index (χ0v) is 8.06. The van der Waals surface area contributed by atoms with E-state index in [0.29, 0.717) is 0 Å². The number of hydrogen-bond acceptors (Lipinski definition) is 2. The molecule has 14 heavy (non-hydrogen) atoms. The topological polar surface area (TPSA) is 63.5 Å². The van der Waals surface area contributed by atoms with Gasteiger partial charge >= 0.3 is 0 Å². The molecule has 1 heterocycles. The molecule has 0 atom stereocenters. The van der Waals surface area contributed by atoms with Crippen LogP contribution in [0.4, 0.5) is 0 Å². The fourth-order valence-electron chi connectivity index (χ4n) is 1.81. The van der Waals surface area contributed by atoms with Gasteiger partial charge in [0.1, 0.15) is 0 Å². The van der Waals surface area contributed by atoms with Crippen LogP contribution in [0.3, 0.4) is 0 Å². The summed E-state index contributed by atoms with van der Waals surface area (Å²) in [4.78, 5) is 0. The molecule has 0 radical (unpaired) electrons. The standard InChI is InChI=1S/C10H15N3O/c11-10(12-14)9-5-2-6-13(9)7-8-3-1-4-8/h2,5-6,8,14H,1,3-4,7H2,(H2,11,12). The first-order valence-electron chi connectivity index (χ1n) is 4.94. The summed E-state index contributed by atoms with van der Waals surface area (Å²) in [6, 6.07) is 3.79. The zero-order valence-electron chi connectivity index (χ0n) is 8.06. The van der Waals surface area contributed by atoms with Crippen LogP contribution in [0.15, 0.2) is 23.5 Å². The summed E-state index contributed by atoms with van der Waals surface area (Å²) in [6.07, 6.45) is 5.91. The van der Waals surface area contributed by atoms with E-state index in [4.69, 9.17) is 10.9 Å². The molecular weight excluding hydrogens is 178 g/mol. The molecule has 1 aromatic rings. The molecule has 0 bridgehead atoms. The lowest BCUT2D eigenvalue weighted by atomic mass is 9.85. The Morgan fingerprint density at radius 2 is 2.43 bits per heavy atom. The average molecular weight is 193 g/mol. The van der Waals surface area contributed by atoms with E-state index >= 15 is 0 Å². The number of amidine groups is 1. The Bertz CT molecular complexity index is 339. The van der Waals surface area contributed by atoms with Crippen LogP contribution in [0.1, 0.15) is 25.0 Å². The van der Waals surface area contributed by atoms with Gasteiger partial charge in [0, 0.05) is 12.7 Å². The number of rotatable bonds is 3. The van der Waals surface area contributed by atoms with Gasteiger partial charge in [0.15, 0.2) is 5.84 Å². The summed E-state index contributed by atoms with van der Waals surface area (Å²) in [7, 11) is 0. The number of oxime groups is 1. The van der Waals surface area contributed by atoms with Crippen LogP contribution in [-0.4, -0.2) is 15.6 Å². The molecule has 0 spiro atoms. The van der Waals surface area contributed by atoms with E-state index in [1.54, 1.807) is 0 Å². The van der Waals surface area contributed by atoms with Gasteiger partial charge in [0.2, 0.25) is 0 Å². The summed E-state index contributed by atoms with van der Waals surface area (Å²) in [5.74, 6) is 0.960. The SMILES string of the molecule is N/C(=N/O)c1cccn1CC1CCC1. The van der Waals surface area contributed by atoms with E-state index in [-0.39, 0.29) is 5.84 Å². The van der Waals surface area contributed by atoms with Crippen molar-refractivity contribution in [2.24, 2.45) is 16.8 Å². The van der Waals surface area contributed by atoms with Crippen molar-refractivity contribution in [3.05, 3.63) is 24.0 Å². The highest BCUT2D eigenvalue weighted by atomic mass is 16.4. The number of nitrogens with zero attached hydrogens (tertiary/aromatic N) is 2. The van der Waals surface area contributed by atoms with Gasteiger partial charge in [0.05, 0.1) is 5.69 Å². The Morgan fingerprint density at radius 1 is 1.64 bits per heavy atom. The second-order valence-electron chi connectivity index (χ2n) is 3.83. The van der Waals surface area contributed by atoms with E-state index in [0.717, 1.165) is 18.2 Å². The van der Waals surface area contributed by atoms with E-state index in [2.05, 4.69) is 9.72 Å². The van der Waals surface area contributed by atoms with E-state index in [1.807, 2.05) is 18.3 Å². The van der Waals surface area contributed by atoms with Crippen LogP contribution in [0.2, 0.25) is 0 Å². The van der Waals surface area contributed by atoms with Gasteiger partial charge in [-0.15, -0.1) is 0 Å². The molecule has 1 fully saturated rings. The lowest BCUT2D eigenvalue weighted by molar-refractivity contribution is 0.276. The van der Waals surface area contributed by atoms with Crippen molar-refractivity contribution in [1.29, 1.82) is 0 Å². The highest BCUT2D eigenvalue weighted by Gasteiger charge is 2.19. The number of nitrogens with two attached hydrogens (primary N) is 1. The third-order valence-electron chi connectivity index (χ3n) is 2.88. The quantitative estimate of drug-likeness (QED) is 0.330. The lowest BCUT2D eigenvalue weighted by Crippen LogP contribution is -2.23. The molecule has 2 rings (SSSR count). The van der Waals surface area contributed by atoms with Crippen LogP contribution in [0.5, 0.6) is 0 Å². The minimum absolute atomic E-state index is 0.189. The molecule has 4 nitrogen and oxygen atoms in total. The second-order valence-corrected chi connectivity index (χ2v) is 3.83. The molecule has 0 amide bonds. The molecule has 1 aliphatic carbocycles. The summed E-state index contributed by atoms with van der Waals surface area (Å²) in [5.41, 5.74) is 6.36. The van der Waals surface area contributed by atoms with Crippen molar-refractivity contribution in [3.63, 3.8) is 0 Å². The smallest absolute Gasteiger partial charge is 0.186 e. The van der Waals surface area contributed by atoms with E-state index < -0.39 is 0 Å². The second kappa shape index (κ2) is 3.74. The van der Waals surface area contributed by atoms with Gasteiger partial charge in [-0.2, -0.15) is 0 Å². The predicted molar refractivity (Wildman–Crippen MR) is 54.3 cm³/mol. The van der Waals surface area contributed by atoms with Crippen molar-refractivity contribution in [3.8, 4) is 0 Å². The Labute approximate surface area is 83.0 Å². The van der Waals surface area contributed by atoms with Crippen LogP contribution in [0, 0.1) is 5.92 Å². The minimum Gasteiger partial charge on any atom is -0.409 e. The molecule has 1 aliphatic rings. The lowest BCUT2D eigenvalue weighted by Gasteiger charge is -2.26. The summed E-state index contributed by atoms with van der Waals surface area (Å²) < 4.78 is 2.05. The van der Waals surface area contributed by atoms with E-state index in [9.17, 15) is 0 Å². The average Bonchev–Trinajstić information content (AvgIpc) is 2.58. The van der Waals surface area contributed by atoms with Crippen LogP contribution < -0.4 is 5.73 Å². The van der Waals surface area contributed by atoms with Gasteiger partial charge in [-0.25, -0.2) is 0 Å². The third-order valence-corrected chi connectivity index (χ3v) is 2.88. The molecule has 76 valence electrons. The van der Waals surface area contributed by atoms with Crippen LogP contribution in [0.25, 0.3) is 0 Å². The van der Waals surface area contributed by atoms with Crippen LogP contribution in [-0.2, 0) is 6.54 Å². The van der Waals surface area contributed by atoms with Crippen LogP contribution >= 0.6 is 0 Å². The summed E-state index contributed by atoms with van der Waals surface area (Å²) in [6.45, 7) is 0.985. The molecule has 0 aliphatic heterocycles. The molecule has 0 aromatic carbocycles. The minimum atomic E-state index is 0.189.